The van der Waals surface area contributed by atoms with Gasteiger partial charge in [0.2, 0.25) is 5.91 Å². The number of nitrogens with one attached hydrogen (secondary N) is 1. The molecule has 122 valence electrons. The molecule has 0 bridgehead atoms. The minimum atomic E-state index is -3.60. The third-order valence-corrected chi connectivity index (χ3v) is 5.28. The maximum Gasteiger partial charge on any atom is 0.242 e. The van der Waals surface area contributed by atoms with Gasteiger partial charge in [0, 0.05) is 12.1 Å². The summed E-state index contributed by atoms with van der Waals surface area (Å²) in [6, 6.07) is 2.94. The van der Waals surface area contributed by atoms with Crippen molar-refractivity contribution in [3.63, 3.8) is 0 Å². The van der Waals surface area contributed by atoms with Gasteiger partial charge in [0.05, 0.1) is 30.7 Å². The summed E-state index contributed by atoms with van der Waals surface area (Å²) in [6.45, 7) is 4.68. The molecule has 1 unspecified atom stereocenters. The normalized spacial score (nSPS) is 12.4. The average molecular weight is 348 g/mol. The van der Waals surface area contributed by atoms with E-state index in [1.54, 1.807) is 0 Å². The lowest BCUT2D eigenvalue weighted by molar-refractivity contribution is -0.115. The maximum atomic E-state index is 12.1. The Morgan fingerprint density at radius 2 is 1.95 bits per heavy atom. The van der Waals surface area contributed by atoms with Crippen molar-refractivity contribution >= 4 is 33.0 Å². The molecule has 1 aromatic carbocycles. The number of halogens is 1. The third-order valence-electron chi connectivity index (χ3n) is 2.99. The highest BCUT2D eigenvalue weighted by Gasteiger charge is 2.27. The molecule has 1 aromatic rings. The van der Waals surface area contributed by atoms with E-state index in [9.17, 15) is 13.2 Å². The summed E-state index contributed by atoms with van der Waals surface area (Å²) in [5.74, 6) is -0.320. The third kappa shape index (κ3) is 4.14. The number of carbonyl (C=O) groups excluding carboxylic acids is 1. The number of methoxy groups -OCH3 is 2. The highest BCUT2D eigenvalue weighted by atomic mass is 35.5. The van der Waals surface area contributed by atoms with Crippen LogP contribution in [0, 0.1) is 0 Å². The van der Waals surface area contributed by atoms with Gasteiger partial charge >= 0.3 is 0 Å². The fourth-order valence-corrected chi connectivity index (χ4v) is 2.90. The minimum Gasteiger partial charge on any atom is -0.495 e. The van der Waals surface area contributed by atoms with E-state index in [4.69, 9.17) is 21.1 Å². The summed E-state index contributed by atoms with van der Waals surface area (Å²) in [5, 5.41) is 1.60. The van der Waals surface area contributed by atoms with Crippen molar-refractivity contribution in [2.24, 2.45) is 0 Å². The first kappa shape index (κ1) is 18.3. The standard InChI is InChI=1S/C14H18ClNO5S/c1-5-6-22(18,19)9(2)14(17)16-11-8-12(20-3)10(15)7-13(11)21-4/h5,7-9H,1,6H2,2-4H3,(H,16,17). The fraction of sp³-hybridized carbons (Fsp3) is 0.357. The summed E-state index contributed by atoms with van der Waals surface area (Å²) in [6.07, 6.45) is 1.24. The monoisotopic (exact) mass is 347 g/mol. The van der Waals surface area contributed by atoms with Gasteiger partial charge in [-0.2, -0.15) is 0 Å². The van der Waals surface area contributed by atoms with Gasteiger partial charge in [0.25, 0.3) is 0 Å². The Morgan fingerprint density at radius 3 is 2.45 bits per heavy atom. The molecule has 0 saturated heterocycles. The predicted molar refractivity (Wildman–Crippen MR) is 86.6 cm³/mol. The van der Waals surface area contributed by atoms with Gasteiger partial charge in [-0.25, -0.2) is 8.42 Å². The van der Waals surface area contributed by atoms with Gasteiger partial charge < -0.3 is 14.8 Å². The fourth-order valence-electron chi connectivity index (χ4n) is 1.66. The van der Waals surface area contributed by atoms with Crippen molar-refractivity contribution in [2.45, 2.75) is 12.2 Å². The lowest BCUT2D eigenvalue weighted by Crippen LogP contribution is -2.33. The van der Waals surface area contributed by atoms with Crippen LogP contribution in [-0.4, -0.2) is 39.5 Å². The van der Waals surface area contributed by atoms with Crippen molar-refractivity contribution in [1.29, 1.82) is 0 Å². The topological polar surface area (TPSA) is 81.7 Å². The number of carbonyl (C=O) groups is 1. The zero-order chi connectivity index (χ0) is 16.9. The van der Waals surface area contributed by atoms with E-state index in [1.165, 1.54) is 39.4 Å². The molecule has 1 atom stereocenters. The summed E-state index contributed by atoms with van der Waals surface area (Å²) in [4.78, 5) is 12.1. The number of hydrogen-bond donors (Lipinski definition) is 1. The van der Waals surface area contributed by atoms with Gasteiger partial charge in [-0.15, -0.1) is 6.58 Å². The largest absolute Gasteiger partial charge is 0.495 e. The van der Waals surface area contributed by atoms with E-state index in [2.05, 4.69) is 11.9 Å². The number of ether oxygens (including phenoxy) is 2. The molecule has 1 N–H and O–H groups in total. The van der Waals surface area contributed by atoms with Gasteiger partial charge in [-0.1, -0.05) is 17.7 Å². The molecular formula is C14H18ClNO5S. The molecule has 0 aromatic heterocycles. The van der Waals surface area contributed by atoms with E-state index in [-0.39, 0.29) is 11.4 Å². The number of rotatable bonds is 7. The van der Waals surface area contributed by atoms with E-state index < -0.39 is 21.0 Å². The predicted octanol–water partition coefficient (Wildman–Crippen LogP) is 2.29. The number of hydrogen-bond acceptors (Lipinski definition) is 5. The van der Waals surface area contributed by atoms with Crippen LogP contribution in [0.5, 0.6) is 11.5 Å². The number of amides is 1. The van der Waals surface area contributed by atoms with Crippen LogP contribution < -0.4 is 14.8 Å². The molecule has 1 rings (SSSR count). The second-order valence-electron chi connectivity index (χ2n) is 4.44. The number of anilines is 1. The van der Waals surface area contributed by atoms with Crippen LogP contribution in [0.15, 0.2) is 24.8 Å². The molecular weight excluding hydrogens is 330 g/mol. The first-order valence-electron chi connectivity index (χ1n) is 6.31. The Kier molecular flexibility index (Phi) is 6.25. The van der Waals surface area contributed by atoms with Gasteiger partial charge in [-0.3, -0.25) is 4.79 Å². The van der Waals surface area contributed by atoms with Gasteiger partial charge in [0.15, 0.2) is 9.84 Å². The van der Waals surface area contributed by atoms with Crippen LogP contribution in [-0.2, 0) is 14.6 Å². The molecule has 1 amide bonds. The van der Waals surface area contributed by atoms with Gasteiger partial charge in [0.1, 0.15) is 16.7 Å². The van der Waals surface area contributed by atoms with E-state index in [1.807, 2.05) is 0 Å². The lowest BCUT2D eigenvalue weighted by Gasteiger charge is -2.16. The summed E-state index contributed by atoms with van der Waals surface area (Å²) in [5.41, 5.74) is 0.273. The molecule has 22 heavy (non-hydrogen) atoms. The Morgan fingerprint density at radius 1 is 1.36 bits per heavy atom. The molecule has 0 aliphatic heterocycles. The second-order valence-corrected chi connectivity index (χ2v) is 7.21. The Hall–Kier alpha value is -1.73. The molecule has 0 fully saturated rings. The van der Waals surface area contributed by atoms with Crippen LogP contribution >= 0.6 is 11.6 Å². The smallest absolute Gasteiger partial charge is 0.242 e. The van der Waals surface area contributed by atoms with Gasteiger partial charge in [-0.05, 0) is 6.92 Å². The van der Waals surface area contributed by atoms with Crippen LogP contribution in [0.1, 0.15) is 6.92 Å². The van der Waals surface area contributed by atoms with Crippen molar-refractivity contribution in [2.75, 3.05) is 25.3 Å². The molecule has 6 nitrogen and oxygen atoms in total. The van der Waals surface area contributed by atoms with Crippen molar-refractivity contribution in [1.82, 2.24) is 0 Å². The van der Waals surface area contributed by atoms with Crippen molar-refractivity contribution in [3.05, 3.63) is 29.8 Å². The van der Waals surface area contributed by atoms with Crippen LogP contribution in [0.2, 0.25) is 5.02 Å². The maximum absolute atomic E-state index is 12.1. The highest BCUT2D eigenvalue weighted by Crippen LogP contribution is 2.36. The second kappa shape index (κ2) is 7.51. The van der Waals surface area contributed by atoms with E-state index in [0.717, 1.165) is 0 Å². The summed E-state index contributed by atoms with van der Waals surface area (Å²) < 4.78 is 34.0. The molecule has 0 heterocycles. The minimum absolute atomic E-state index is 0.273. The average Bonchev–Trinajstić information content (AvgIpc) is 2.47. The zero-order valence-corrected chi connectivity index (χ0v) is 14.1. The first-order chi connectivity index (χ1) is 10.3. The van der Waals surface area contributed by atoms with Crippen LogP contribution in [0.3, 0.4) is 0 Å². The molecule has 0 saturated carbocycles. The summed E-state index contributed by atoms with van der Waals surface area (Å²) in [7, 11) is -0.766. The Labute approximate surface area is 135 Å². The van der Waals surface area contributed by atoms with E-state index >= 15 is 0 Å². The molecule has 0 spiro atoms. The number of benzene rings is 1. The van der Waals surface area contributed by atoms with Crippen LogP contribution in [0.4, 0.5) is 5.69 Å². The Bertz CT molecular complexity index is 672. The van der Waals surface area contributed by atoms with Crippen molar-refractivity contribution in [3.8, 4) is 11.5 Å². The quantitative estimate of drug-likeness (QED) is 0.765. The lowest BCUT2D eigenvalue weighted by atomic mass is 10.2. The Balaban J connectivity index is 3.08. The molecule has 0 radical (unpaired) electrons. The molecule has 8 heteroatoms. The number of sulfone groups is 1. The first-order valence-corrected chi connectivity index (χ1v) is 8.41. The SMILES string of the molecule is C=CCS(=O)(=O)C(C)C(=O)Nc1cc(OC)c(Cl)cc1OC. The molecule has 0 aliphatic rings. The highest BCUT2D eigenvalue weighted by molar-refractivity contribution is 7.92. The van der Waals surface area contributed by atoms with E-state index in [0.29, 0.717) is 16.5 Å². The molecule has 0 aliphatic carbocycles. The van der Waals surface area contributed by atoms with Crippen LogP contribution in [0.25, 0.3) is 0 Å². The van der Waals surface area contributed by atoms with Crippen molar-refractivity contribution < 1.29 is 22.7 Å². The summed E-state index contributed by atoms with van der Waals surface area (Å²) >= 11 is 5.97. The zero-order valence-electron chi connectivity index (χ0n) is 12.6.